The van der Waals surface area contributed by atoms with Crippen LogP contribution in [0.4, 0.5) is 0 Å². The van der Waals surface area contributed by atoms with E-state index in [1.807, 2.05) is 32.2 Å². The lowest BCUT2D eigenvalue weighted by Gasteiger charge is -2.35. The van der Waals surface area contributed by atoms with Crippen molar-refractivity contribution >= 4 is 29.2 Å². The maximum Gasteiger partial charge on any atom is 0.309 e. The van der Waals surface area contributed by atoms with Gasteiger partial charge in [0.05, 0.1) is 28.6 Å². The van der Waals surface area contributed by atoms with E-state index in [4.69, 9.17) is 4.74 Å². The molecule has 0 aromatic carbocycles. The van der Waals surface area contributed by atoms with Crippen LogP contribution in [0.3, 0.4) is 0 Å². The molecule has 0 aliphatic carbocycles. The minimum absolute atomic E-state index is 0.00171. The number of rotatable bonds is 2. The molecule has 1 aliphatic heterocycles. The average Bonchev–Trinajstić information content (AvgIpc) is 3.18. The van der Waals surface area contributed by atoms with Crippen LogP contribution >= 0.6 is 11.3 Å². The van der Waals surface area contributed by atoms with Gasteiger partial charge in [0, 0.05) is 17.7 Å². The van der Waals surface area contributed by atoms with Crippen LogP contribution in [0.2, 0.25) is 0 Å². The molecule has 2 heterocycles. The highest BCUT2D eigenvalue weighted by Crippen LogP contribution is 2.35. The van der Waals surface area contributed by atoms with Crippen LogP contribution in [0.1, 0.15) is 91.3 Å². The molecule has 0 bridgehead atoms. The van der Waals surface area contributed by atoms with Crippen LogP contribution in [0.5, 0.6) is 0 Å². The standard InChI is InChI=1S/C28H43NO4S/c1-17-10-9-11-18(2)20(4)21(5)27(32)28(7,8)25(30)15-26(31)33-24(13-12-17)19(3)14-23-16-34-22(6)29-23/h12,14,16,18,20-21,24-25,30H,9-11,13,15H2,1-8H3/b17-12+,19-14+/t18-,20-,21+,24-,25-/m0/s1. The molecule has 2 rings (SSSR count). The van der Waals surface area contributed by atoms with E-state index < -0.39 is 23.6 Å². The number of cyclic esters (lactones) is 1. The predicted molar refractivity (Wildman–Crippen MR) is 140 cm³/mol. The molecule has 0 saturated carbocycles. The largest absolute Gasteiger partial charge is 0.457 e. The first kappa shape index (κ1) is 28.4. The first-order chi connectivity index (χ1) is 15.8. The fourth-order valence-corrected chi connectivity index (χ4v) is 5.15. The highest BCUT2D eigenvalue weighted by Gasteiger charge is 2.41. The highest BCUT2D eigenvalue weighted by molar-refractivity contribution is 7.09. The van der Waals surface area contributed by atoms with Crippen molar-refractivity contribution in [1.29, 1.82) is 0 Å². The molecule has 34 heavy (non-hydrogen) atoms. The summed E-state index contributed by atoms with van der Waals surface area (Å²) in [5.41, 5.74) is 2.01. The van der Waals surface area contributed by atoms with Crippen molar-refractivity contribution in [3.8, 4) is 0 Å². The molecule has 6 heteroatoms. The first-order valence-electron chi connectivity index (χ1n) is 12.5. The third-order valence-corrected chi connectivity index (χ3v) is 8.42. The lowest BCUT2D eigenvalue weighted by atomic mass is 9.70. The van der Waals surface area contributed by atoms with Gasteiger partial charge in [-0.25, -0.2) is 4.98 Å². The van der Waals surface area contributed by atoms with Crippen molar-refractivity contribution < 1.29 is 19.4 Å². The topological polar surface area (TPSA) is 76.5 Å². The van der Waals surface area contributed by atoms with Crippen molar-refractivity contribution in [1.82, 2.24) is 4.98 Å². The number of allylic oxidation sites excluding steroid dienone is 1. The van der Waals surface area contributed by atoms with Gasteiger partial charge in [-0.1, -0.05) is 52.7 Å². The second-order valence-electron chi connectivity index (χ2n) is 10.8. The molecule has 0 amide bonds. The van der Waals surface area contributed by atoms with Crippen molar-refractivity contribution in [3.63, 3.8) is 0 Å². The molecule has 0 saturated heterocycles. The van der Waals surface area contributed by atoms with Crippen LogP contribution in [-0.4, -0.2) is 34.1 Å². The second-order valence-corrected chi connectivity index (χ2v) is 11.8. The maximum absolute atomic E-state index is 13.3. The van der Waals surface area contributed by atoms with Gasteiger partial charge < -0.3 is 9.84 Å². The van der Waals surface area contributed by atoms with E-state index in [0.29, 0.717) is 12.3 Å². The summed E-state index contributed by atoms with van der Waals surface area (Å²) in [7, 11) is 0. The summed E-state index contributed by atoms with van der Waals surface area (Å²) in [4.78, 5) is 30.7. The van der Waals surface area contributed by atoms with Gasteiger partial charge in [-0.05, 0) is 57.1 Å². The Labute approximate surface area is 209 Å². The van der Waals surface area contributed by atoms with Crippen molar-refractivity contribution in [2.45, 2.75) is 99.7 Å². The molecule has 0 radical (unpaired) electrons. The van der Waals surface area contributed by atoms with E-state index in [9.17, 15) is 14.7 Å². The average molecular weight is 490 g/mol. The van der Waals surface area contributed by atoms with Gasteiger partial charge in [0.25, 0.3) is 0 Å². The number of aliphatic hydroxyl groups excluding tert-OH is 1. The number of ketones is 1. The third-order valence-electron chi connectivity index (χ3n) is 7.63. The van der Waals surface area contributed by atoms with Gasteiger partial charge in [0.2, 0.25) is 0 Å². The number of ether oxygens (including phenoxy) is 1. The molecule has 190 valence electrons. The zero-order valence-corrected chi connectivity index (χ0v) is 23.0. The van der Waals surface area contributed by atoms with Crippen molar-refractivity contribution in [2.75, 3.05) is 0 Å². The normalized spacial score (nSPS) is 32.1. The van der Waals surface area contributed by atoms with Crippen LogP contribution in [-0.2, 0) is 14.3 Å². The Morgan fingerprint density at radius 1 is 1.24 bits per heavy atom. The highest BCUT2D eigenvalue weighted by atomic mass is 32.1. The molecule has 1 aliphatic rings. The summed E-state index contributed by atoms with van der Waals surface area (Å²) >= 11 is 1.58. The number of aliphatic hydroxyl groups is 1. The molecule has 1 aromatic rings. The SMILES string of the molecule is C/C1=C\C[C@@H](/C(C)=C/c2csc(C)n2)OC(=O)C[C@H](O)C(C)(C)C(=O)[C@H](C)[C@@H](C)[C@@H](C)CCC1. The number of hydrogen-bond donors (Lipinski definition) is 1. The number of nitrogens with zero attached hydrogens (tertiary/aromatic N) is 1. The van der Waals surface area contributed by atoms with Gasteiger partial charge >= 0.3 is 5.97 Å². The smallest absolute Gasteiger partial charge is 0.309 e. The number of Topliss-reactive ketones (excluding diaryl/α,β-unsaturated/α-hetero) is 1. The summed E-state index contributed by atoms with van der Waals surface area (Å²) in [5.74, 6) is -0.0824. The number of carbonyl (C=O) groups excluding carboxylic acids is 2. The Balaban J connectivity index is 2.33. The monoisotopic (exact) mass is 489 g/mol. The minimum Gasteiger partial charge on any atom is -0.457 e. The predicted octanol–water partition coefficient (Wildman–Crippen LogP) is 6.54. The summed E-state index contributed by atoms with van der Waals surface area (Å²) in [6.07, 6.45) is 6.02. The first-order valence-corrected chi connectivity index (χ1v) is 13.4. The number of thiazole rings is 1. The van der Waals surface area contributed by atoms with Gasteiger partial charge in [-0.15, -0.1) is 11.3 Å². The quantitative estimate of drug-likeness (QED) is 0.377. The summed E-state index contributed by atoms with van der Waals surface area (Å²) in [6, 6.07) is 0. The fraction of sp³-hybridized carbons (Fsp3) is 0.679. The molecular weight excluding hydrogens is 446 g/mol. The molecule has 0 fully saturated rings. The summed E-state index contributed by atoms with van der Waals surface area (Å²) < 4.78 is 5.86. The van der Waals surface area contributed by atoms with Gasteiger partial charge in [0.15, 0.2) is 0 Å². The lowest BCUT2D eigenvalue weighted by Crippen LogP contribution is -2.44. The van der Waals surface area contributed by atoms with Gasteiger partial charge in [-0.2, -0.15) is 0 Å². The van der Waals surface area contributed by atoms with Crippen molar-refractivity contribution in [3.05, 3.63) is 33.3 Å². The van der Waals surface area contributed by atoms with Crippen LogP contribution < -0.4 is 0 Å². The molecule has 1 aromatic heterocycles. The number of aromatic nitrogens is 1. The van der Waals surface area contributed by atoms with Crippen LogP contribution in [0, 0.1) is 30.1 Å². The summed E-state index contributed by atoms with van der Waals surface area (Å²) in [6.45, 7) is 15.8. The van der Waals surface area contributed by atoms with Crippen LogP contribution in [0.25, 0.3) is 6.08 Å². The van der Waals surface area contributed by atoms with E-state index in [-0.39, 0.29) is 24.0 Å². The minimum atomic E-state index is -1.10. The second kappa shape index (κ2) is 12.3. The maximum atomic E-state index is 13.3. The van der Waals surface area contributed by atoms with Crippen molar-refractivity contribution in [2.24, 2.45) is 23.2 Å². The van der Waals surface area contributed by atoms with E-state index in [0.717, 1.165) is 35.5 Å². The Bertz CT molecular complexity index is 913. The van der Waals surface area contributed by atoms with E-state index in [2.05, 4.69) is 31.8 Å². The molecule has 0 spiro atoms. The molecule has 1 N–H and O–H groups in total. The zero-order valence-electron chi connectivity index (χ0n) is 22.2. The number of esters is 1. The Morgan fingerprint density at radius 2 is 1.91 bits per heavy atom. The third kappa shape index (κ3) is 7.61. The molecule has 0 unspecified atom stereocenters. The van der Waals surface area contributed by atoms with Crippen LogP contribution in [0.15, 0.2) is 22.6 Å². The molecule has 5 nitrogen and oxygen atoms in total. The van der Waals surface area contributed by atoms with E-state index >= 15 is 0 Å². The van der Waals surface area contributed by atoms with E-state index in [1.165, 1.54) is 5.57 Å². The number of carbonyl (C=O) groups is 2. The van der Waals surface area contributed by atoms with Gasteiger partial charge in [0.1, 0.15) is 11.9 Å². The zero-order chi connectivity index (χ0) is 25.6. The fourth-order valence-electron chi connectivity index (χ4n) is 4.58. The molecule has 5 atom stereocenters. The Hall–Kier alpha value is -1.79. The summed E-state index contributed by atoms with van der Waals surface area (Å²) in [5, 5.41) is 13.9. The lowest BCUT2D eigenvalue weighted by molar-refractivity contribution is -0.153. The van der Waals surface area contributed by atoms with Gasteiger partial charge in [-0.3, -0.25) is 9.59 Å². The number of aryl methyl sites for hydroxylation is 1. The van der Waals surface area contributed by atoms with E-state index in [1.54, 1.807) is 25.2 Å². The number of hydrogen-bond acceptors (Lipinski definition) is 6. The molecular formula is C28H43NO4S. The Morgan fingerprint density at radius 3 is 2.53 bits per heavy atom. The Kier molecular flexibility index (Phi) is 10.3.